The van der Waals surface area contributed by atoms with Gasteiger partial charge >= 0.3 is 0 Å². The molecule has 0 bridgehead atoms. The Morgan fingerprint density at radius 1 is 1.00 bits per heavy atom. The molecule has 0 radical (unpaired) electrons. The minimum Gasteiger partial charge on any atom is -0.387 e. The number of aromatic nitrogens is 3. The molecule has 4 heterocycles. The number of hydrogen-bond donors (Lipinski definition) is 1. The maximum atomic E-state index is 10.5. The Balaban J connectivity index is 1.28. The fourth-order valence-electron chi connectivity index (χ4n) is 3.99. The Labute approximate surface area is 154 Å². The van der Waals surface area contributed by atoms with Crippen molar-refractivity contribution < 1.29 is 5.11 Å². The third-order valence-corrected chi connectivity index (χ3v) is 5.56. The fourth-order valence-corrected chi connectivity index (χ4v) is 3.99. The molecule has 2 aromatic rings. The van der Waals surface area contributed by atoms with Crippen molar-refractivity contribution >= 4 is 5.95 Å². The smallest absolute Gasteiger partial charge is 0.225 e. The molecule has 0 saturated carbocycles. The van der Waals surface area contributed by atoms with Crippen LogP contribution in [0.1, 0.15) is 43.0 Å². The Hall–Kier alpha value is -2.05. The standard InChI is InChI=1S/C20H27N5O/c26-19(18-5-1-2-8-21-18)17-6-11-24(12-7-17)15-16-13-22-20(23-14-16)25-9-3-4-10-25/h1-2,5,8,13-14,17,19,26H,3-4,6-7,9-12,15H2/t19-/m0/s1. The lowest BCUT2D eigenvalue weighted by atomic mass is 9.89. The van der Waals surface area contributed by atoms with Gasteiger partial charge in [0.25, 0.3) is 0 Å². The number of aliphatic hydroxyl groups is 1. The second kappa shape index (κ2) is 8.10. The quantitative estimate of drug-likeness (QED) is 0.890. The Morgan fingerprint density at radius 3 is 2.38 bits per heavy atom. The minimum atomic E-state index is -0.457. The van der Waals surface area contributed by atoms with Gasteiger partial charge in [0.2, 0.25) is 5.95 Å². The topological polar surface area (TPSA) is 65.4 Å². The average Bonchev–Trinajstić information content (AvgIpc) is 3.24. The highest BCUT2D eigenvalue weighted by Gasteiger charge is 2.27. The van der Waals surface area contributed by atoms with Gasteiger partial charge in [-0.25, -0.2) is 9.97 Å². The molecule has 0 aliphatic carbocycles. The van der Waals surface area contributed by atoms with Gasteiger partial charge in [-0.2, -0.15) is 0 Å². The van der Waals surface area contributed by atoms with Crippen LogP contribution in [0.5, 0.6) is 0 Å². The lowest BCUT2D eigenvalue weighted by Crippen LogP contribution is -2.35. The molecule has 0 aromatic carbocycles. The molecule has 0 unspecified atom stereocenters. The SMILES string of the molecule is O[C@H](c1ccccn1)C1CCN(Cc2cnc(N3CCCC3)nc2)CC1. The van der Waals surface area contributed by atoms with E-state index in [-0.39, 0.29) is 5.92 Å². The van der Waals surface area contributed by atoms with Crippen LogP contribution in [0.3, 0.4) is 0 Å². The van der Waals surface area contributed by atoms with Gasteiger partial charge in [-0.1, -0.05) is 6.07 Å². The Kier molecular flexibility index (Phi) is 5.41. The Bertz CT molecular complexity index is 679. The van der Waals surface area contributed by atoms with Crippen LogP contribution < -0.4 is 4.90 Å². The van der Waals surface area contributed by atoms with Crippen LogP contribution in [0.4, 0.5) is 5.95 Å². The van der Waals surface area contributed by atoms with E-state index < -0.39 is 6.10 Å². The molecule has 26 heavy (non-hydrogen) atoms. The van der Waals surface area contributed by atoms with Gasteiger partial charge in [0.05, 0.1) is 11.8 Å². The third kappa shape index (κ3) is 4.02. The van der Waals surface area contributed by atoms with Gasteiger partial charge in [-0.3, -0.25) is 9.88 Å². The molecule has 2 saturated heterocycles. The second-order valence-corrected chi connectivity index (χ2v) is 7.40. The number of piperidine rings is 1. The summed E-state index contributed by atoms with van der Waals surface area (Å²) in [4.78, 5) is 18.1. The number of anilines is 1. The van der Waals surface area contributed by atoms with Crippen molar-refractivity contribution in [2.75, 3.05) is 31.1 Å². The zero-order chi connectivity index (χ0) is 17.8. The maximum Gasteiger partial charge on any atom is 0.225 e. The van der Waals surface area contributed by atoms with Crippen LogP contribution in [0.25, 0.3) is 0 Å². The number of likely N-dealkylation sites (tertiary alicyclic amines) is 1. The van der Waals surface area contributed by atoms with E-state index in [0.717, 1.165) is 62.8 Å². The van der Waals surface area contributed by atoms with Crippen molar-refractivity contribution in [2.45, 2.75) is 38.3 Å². The lowest BCUT2D eigenvalue weighted by molar-refractivity contribution is 0.0539. The zero-order valence-corrected chi connectivity index (χ0v) is 15.2. The summed E-state index contributed by atoms with van der Waals surface area (Å²) in [5.41, 5.74) is 1.95. The van der Waals surface area contributed by atoms with Crippen LogP contribution in [0.15, 0.2) is 36.8 Å². The highest BCUT2D eigenvalue weighted by atomic mass is 16.3. The first-order valence-corrected chi connectivity index (χ1v) is 9.67. The Morgan fingerprint density at radius 2 is 1.73 bits per heavy atom. The molecule has 4 rings (SSSR count). The average molecular weight is 353 g/mol. The predicted molar refractivity (Wildman–Crippen MR) is 101 cm³/mol. The summed E-state index contributed by atoms with van der Waals surface area (Å²) in [6.45, 7) is 5.01. The van der Waals surface area contributed by atoms with Crippen LogP contribution in [-0.2, 0) is 6.54 Å². The predicted octanol–water partition coefficient (Wildman–Crippen LogP) is 2.42. The molecule has 6 nitrogen and oxygen atoms in total. The number of hydrogen-bond acceptors (Lipinski definition) is 6. The molecule has 0 amide bonds. The highest BCUT2D eigenvalue weighted by molar-refractivity contribution is 5.30. The second-order valence-electron chi connectivity index (χ2n) is 7.40. The van der Waals surface area contributed by atoms with Crippen molar-refractivity contribution in [1.29, 1.82) is 0 Å². The van der Waals surface area contributed by atoms with E-state index in [1.165, 1.54) is 12.8 Å². The van der Waals surface area contributed by atoms with E-state index in [1.54, 1.807) is 6.20 Å². The third-order valence-electron chi connectivity index (χ3n) is 5.56. The normalized spacial score (nSPS) is 20.4. The van der Waals surface area contributed by atoms with E-state index >= 15 is 0 Å². The van der Waals surface area contributed by atoms with Gasteiger partial charge in [-0.05, 0) is 56.8 Å². The summed E-state index contributed by atoms with van der Waals surface area (Å²) < 4.78 is 0. The van der Waals surface area contributed by atoms with Crippen molar-refractivity contribution in [1.82, 2.24) is 19.9 Å². The monoisotopic (exact) mass is 353 g/mol. The number of pyridine rings is 1. The van der Waals surface area contributed by atoms with Crippen LogP contribution in [0.2, 0.25) is 0 Å². The molecule has 1 N–H and O–H groups in total. The van der Waals surface area contributed by atoms with E-state index in [4.69, 9.17) is 0 Å². The first-order valence-electron chi connectivity index (χ1n) is 9.67. The summed E-state index contributed by atoms with van der Waals surface area (Å²) >= 11 is 0. The van der Waals surface area contributed by atoms with Gasteiger partial charge in [-0.15, -0.1) is 0 Å². The van der Waals surface area contributed by atoms with Crippen LogP contribution in [-0.4, -0.2) is 51.1 Å². The van der Waals surface area contributed by atoms with Gasteiger partial charge < -0.3 is 10.0 Å². The fraction of sp³-hybridized carbons (Fsp3) is 0.550. The molecule has 2 aliphatic heterocycles. The van der Waals surface area contributed by atoms with Crippen molar-refractivity contribution in [3.8, 4) is 0 Å². The molecule has 2 fully saturated rings. The minimum absolute atomic E-state index is 0.287. The lowest BCUT2D eigenvalue weighted by Gasteiger charge is -2.34. The van der Waals surface area contributed by atoms with Crippen LogP contribution >= 0.6 is 0 Å². The van der Waals surface area contributed by atoms with Crippen LogP contribution in [0, 0.1) is 5.92 Å². The molecule has 2 aromatic heterocycles. The zero-order valence-electron chi connectivity index (χ0n) is 15.2. The molecule has 1 atom stereocenters. The molecule has 6 heteroatoms. The van der Waals surface area contributed by atoms with Gasteiger partial charge in [0, 0.05) is 43.8 Å². The number of aliphatic hydroxyl groups excluding tert-OH is 1. The summed E-state index contributed by atoms with van der Waals surface area (Å²) in [6, 6.07) is 5.73. The first kappa shape index (κ1) is 17.4. The van der Waals surface area contributed by atoms with E-state index in [2.05, 4.69) is 24.8 Å². The molecule has 138 valence electrons. The summed E-state index contributed by atoms with van der Waals surface area (Å²) in [7, 11) is 0. The van der Waals surface area contributed by atoms with Crippen molar-refractivity contribution in [3.05, 3.63) is 48.0 Å². The summed E-state index contributed by atoms with van der Waals surface area (Å²) in [5.74, 6) is 1.15. The van der Waals surface area contributed by atoms with Crippen molar-refractivity contribution in [2.24, 2.45) is 5.92 Å². The molecular formula is C20H27N5O. The van der Waals surface area contributed by atoms with E-state index in [0.29, 0.717) is 0 Å². The highest BCUT2D eigenvalue weighted by Crippen LogP contribution is 2.30. The molecular weight excluding hydrogens is 326 g/mol. The maximum absolute atomic E-state index is 10.5. The number of rotatable bonds is 5. The van der Waals surface area contributed by atoms with Gasteiger partial charge in [0.1, 0.15) is 0 Å². The summed E-state index contributed by atoms with van der Waals surface area (Å²) in [5, 5.41) is 10.5. The van der Waals surface area contributed by atoms with Crippen molar-refractivity contribution in [3.63, 3.8) is 0 Å². The molecule has 2 aliphatic rings. The van der Waals surface area contributed by atoms with E-state index in [1.807, 2.05) is 30.6 Å². The first-order chi connectivity index (χ1) is 12.8. The van der Waals surface area contributed by atoms with E-state index in [9.17, 15) is 5.11 Å². The van der Waals surface area contributed by atoms with Gasteiger partial charge in [0.15, 0.2) is 0 Å². The summed E-state index contributed by atoms with van der Waals surface area (Å²) in [6.07, 6.45) is 9.69. The molecule has 0 spiro atoms. The largest absolute Gasteiger partial charge is 0.387 e. The number of nitrogens with zero attached hydrogens (tertiary/aromatic N) is 5.